The van der Waals surface area contributed by atoms with Crippen LogP contribution in [0, 0.1) is 5.82 Å². The molecule has 19 heavy (non-hydrogen) atoms. The van der Waals surface area contributed by atoms with Crippen molar-refractivity contribution in [3.63, 3.8) is 0 Å². The first kappa shape index (κ1) is 13.7. The first-order valence-electron chi connectivity index (χ1n) is 5.37. The summed E-state index contributed by atoms with van der Waals surface area (Å²) in [5.41, 5.74) is 0.770. The Hall–Kier alpha value is -1.72. The molecule has 0 fully saturated rings. The maximum Gasteiger partial charge on any atom is 0.251 e. The number of nitrogens with one attached hydrogen (secondary N) is 1. The van der Waals surface area contributed by atoms with Crippen molar-refractivity contribution in [2.24, 2.45) is 0 Å². The Labute approximate surface area is 118 Å². The van der Waals surface area contributed by atoms with Crippen LogP contribution in [0.3, 0.4) is 0 Å². The summed E-state index contributed by atoms with van der Waals surface area (Å²) in [6.07, 6.45) is 0. The van der Waals surface area contributed by atoms with E-state index in [4.69, 9.17) is 11.6 Å². The van der Waals surface area contributed by atoms with Crippen LogP contribution in [0.1, 0.15) is 20.7 Å². The molecule has 3 nitrogen and oxygen atoms in total. The van der Waals surface area contributed by atoms with E-state index in [1.54, 1.807) is 11.4 Å². The summed E-state index contributed by atoms with van der Waals surface area (Å²) in [6, 6.07) is 6.65. The summed E-state index contributed by atoms with van der Waals surface area (Å²) in [6.45, 7) is -0.122. The smallest absolute Gasteiger partial charge is 0.251 e. The highest BCUT2D eigenvalue weighted by molar-refractivity contribution is 7.14. The average molecular weight is 298 g/mol. The van der Waals surface area contributed by atoms with Gasteiger partial charge in [0.25, 0.3) is 5.91 Å². The van der Waals surface area contributed by atoms with Crippen LogP contribution >= 0.6 is 22.9 Å². The summed E-state index contributed by atoms with van der Waals surface area (Å²) in [5, 5.41) is 4.11. The highest BCUT2D eigenvalue weighted by atomic mass is 35.5. The van der Waals surface area contributed by atoms with Crippen molar-refractivity contribution in [2.75, 3.05) is 6.54 Å². The third-order valence-corrected chi connectivity index (χ3v) is 3.50. The minimum Gasteiger partial charge on any atom is -0.345 e. The molecule has 1 aromatic carbocycles. The molecule has 0 saturated carbocycles. The van der Waals surface area contributed by atoms with Crippen molar-refractivity contribution >= 4 is 34.6 Å². The highest BCUT2D eigenvalue weighted by Crippen LogP contribution is 2.20. The first-order chi connectivity index (χ1) is 9.06. The molecule has 1 amide bonds. The molecule has 0 bridgehead atoms. The summed E-state index contributed by atoms with van der Waals surface area (Å²) in [5.74, 6) is -1.06. The Kier molecular flexibility index (Phi) is 4.29. The zero-order valence-electron chi connectivity index (χ0n) is 9.65. The number of rotatable bonds is 4. The number of hydrogen-bond donors (Lipinski definition) is 1. The van der Waals surface area contributed by atoms with Crippen LogP contribution in [-0.4, -0.2) is 18.2 Å². The van der Waals surface area contributed by atoms with Crippen LogP contribution < -0.4 is 5.32 Å². The van der Waals surface area contributed by atoms with Gasteiger partial charge in [-0.1, -0.05) is 11.6 Å². The molecule has 0 aliphatic carbocycles. The largest absolute Gasteiger partial charge is 0.345 e. The zero-order chi connectivity index (χ0) is 13.8. The zero-order valence-corrected chi connectivity index (χ0v) is 11.2. The number of hydrogen-bond acceptors (Lipinski definition) is 3. The quantitative estimate of drug-likeness (QED) is 0.881. The van der Waals surface area contributed by atoms with E-state index in [2.05, 4.69) is 5.32 Å². The topological polar surface area (TPSA) is 46.2 Å². The maximum atomic E-state index is 12.7. The van der Waals surface area contributed by atoms with E-state index < -0.39 is 11.7 Å². The van der Waals surface area contributed by atoms with Crippen molar-refractivity contribution in [3.05, 3.63) is 57.0 Å². The molecule has 0 aliphatic heterocycles. The Balaban J connectivity index is 1.93. The average Bonchev–Trinajstić information content (AvgIpc) is 2.83. The molecule has 6 heteroatoms. The van der Waals surface area contributed by atoms with E-state index in [9.17, 15) is 14.0 Å². The lowest BCUT2D eigenvalue weighted by molar-refractivity contribution is 0.0904. The Morgan fingerprint density at radius 3 is 2.47 bits per heavy atom. The summed E-state index contributed by atoms with van der Waals surface area (Å²) >= 11 is 6.98. The number of halogens is 2. The van der Waals surface area contributed by atoms with Gasteiger partial charge in [0.05, 0.1) is 10.9 Å². The van der Waals surface area contributed by atoms with Gasteiger partial charge in [-0.15, -0.1) is 11.3 Å². The predicted octanol–water partition coefficient (Wildman–Crippen LogP) is 3.15. The third-order valence-electron chi connectivity index (χ3n) is 2.41. The number of ketones is 1. The Bertz CT molecular complexity index is 609. The second kappa shape index (κ2) is 5.95. The van der Waals surface area contributed by atoms with Crippen LogP contribution in [-0.2, 0) is 0 Å². The first-order valence-corrected chi connectivity index (χ1v) is 6.63. The van der Waals surface area contributed by atoms with Crippen LogP contribution in [0.15, 0.2) is 35.7 Å². The van der Waals surface area contributed by atoms with E-state index in [0.29, 0.717) is 15.5 Å². The van der Waals surface area contributed by atoms with Gasteiger partial charge in [0.2, 0.25) is 0 Å². The number of amides is 1. The van der Waals surface area contributed by atoms with Crippen LogP contribution in [0.25, 0.3) is 0 Å². The number of thiophene rings is 1. The molecular formula is C13H9ClFNO2S. The van der Waals surface area contributed by atoms with Gasteiger partial charge in [-0.05, 0) is 30.3 Å². The fraction of sp³-hybridized carbons (Fsp3) is 0.0769. The molecule has 2 aromatic rings. The highest BCUT2D eigenvalue weighted by Gasteiger charge is 2.11. The molecule has 0 unspecified atom stereocenters. The van der Waals surface area contributed by atoms with Crippen molar-refractivity contribution in [3.8, 4) is 0 Å². The maximum absolute atomic E-state index is 12.7. The normalized spacial score (nSPS) is 10.2. The molecule has 0 aliphatic rings. The molecule has 0 radical (unpaired) electrons. The van der Waals surface area contributed by atoms with Gasteiger partial charge in [0.15, 0.2) is 5.78 Å². The fourth-order valence-corrected chi connectivity index (χ4v) is 2.31. The van der Waals surface area contributed by atoms with Gasteiger partial charge >= 0.3 is 0 Å². The molecule has 0 spiro atoms. The van der Waals surface area contributed by atoms with Crippen LogP contribution in [0.5, 0.6) is 0 Å². The van der Waals surface area contributed by atoms with Gasteiger partial charge in [-0.25, -0.2) is 4.39 Å². The van der Waals surface area contributed by atoms with Crippen molar-refractivity contribution in [2.45, 2.75) is 0 Å². The van der Waals surface area contributed by atoms with Gasteiger partial charge in [0, 0.05) is 16.5 Å². The summed E-state index contributed by atoms with van der Waals surface area (Å²) in [4.78, 5) is 23.4. The summed E-state index contributed by atoms with van der Waals surface area (Å²) in [7, 11) is 0. The molecule has 1 aromatic heterocycles. The van der Waals surface area contributed by atoms with Crippen molar-refractivity contribution < 1.29 is 14.0 Å². The Morgan fingerprint density at radius 1 is 1.21 bits per heavy atom. The molecule has 0 saturated heterocycles. The van der Waals surface area contributed by atoms with Crippen LogP contribution in [0.2, 0.25) is 4.34 Å². The molecule has 1 heterocycles. The lowest BCUT2D eigenvalue weighted by atomic mass is 10.2. The van der Waals surface area contributed by atoms with Gasteiger partial charge in [-0.3, -0.25) is 9.59 Å². The number of carbonyl (C=O) groups is 2. The van der Waals surface area contributed by atoms with Gasteiger partial charge in [-0.2, -0.15) is 0 Å². The minimum atomic E-state index is -0.422. The van der Waals surface area contributed by atoms with E-state index >= 15 is 0 Å². The van der Waals surface area contributed by atoms with Crippen molar-refractivity contribution in [1.29, 1.82) is 0 Å². The van der Waals surface area contributed by atoms with Crippen molar-refractivity contribution in [1.82, 2.24) is 5.32 Å². The number of carbonyl (C=O) groups excluding carboxylic acids is 2. The van der Waals surface area contributed by atoms with E-state index in [0.717, 1.165) is 0 Å². The lowest BCUT2D eigenvalue weighted by Crippen LogP contribution is -2.29. The second-order valence-electron chi connectivity index (χ2n) is 3.75. The van der Waals surface area contributed by atoms with Crippen LogP contribution in [0.4, 0.5) is 4.39 Å². The standard InChI is InChI=1S/C13H9ClFNO2S/c14-12-5-9(7-19-12)11(17)6-16-13(18)8-1-3-10(15)4-2-8/h1-5,7H,6H2,(H,16,18). The minimum absolute atomic E-state index is 0.122. The number of Topliss-reactive ketones (excluding diaryl/α,β-unsaturated/α-hetero) is 1. The van der Waals surface area contributed by atoms with E-state index in [1.165, 1.54) is 35.6 Å². The monoisotopic (exact) mass is 297 g/mol. The van der Waals surface area contributed by atoms with E-state index in [1.807, 2.05) is 0 Å². The third kappa shape index (κ3) is 3.62. The predicted molar refractivity (Wildman–Crippen MR) is 72.4 cm³/mol. The molecule has 2 rings (SSSR count). The molecule has 0 atom stereocenters. The molecule has 1 N–H and O–H groups in total. The second-order valence-corrected chi connectivity index (χ2v) is 5.29. The summed E-state index contributed by atoms with van der Waals surface area (Å²) < 4.78 is 13.2. The fourth-order valence-electron chi connectivity index (χ4n) is 1.42. The van der Waals surface area contributed by atoms with Gasteiger partial charge in [0.1, 0.15) is 5.82 Å². The molecule has 98 valence electrons. The lowest BCUT2D eigenvalue weighted by Gasteiger charge is -2.03. The SMILES string of the molecule is O=C(CNC(=O)c1ccc(F)cc1)c1csc(Cl)c1. The molecular weight excluding hydrogens is 289 g/mol. The Morgan fingerprint density at radius 2 is 1.89 bits per heavy atom. The van der Waals surface area contributed by atoms with Gasteiger partial charge < -0.3 is 5.32 Å². The van der Waals surface area contributed by atoms with E-state index in [-0.39, 0.29) is 12.3 Å². The number of benzene rings is 1.